The fourth-order valence-electron chi connectivity index (χ4n) is 2.91. The van der Waals surface area contributed by atoms with Crippen LogP contribution in [0.3, 0.4) is 0 Å². The summed E-state index contributed by atoms with van der Waals surface area (Å²) in [4.78, 5) is 16.9. The topological polar surface area (TPSA) is 61.7 Å². The van der Waals surface area contributed by atoms with E-state index in [2.05, 4.69) is 10.3 Å². The molecule has 0 saturated heterocycles. The van der Waals surface area contributed by atoms with E-state index in [0.29, 0.717) is 16.4 Å². The Hall–Kier alpha value is -2.85. The molecule has 0 spiro atoms. The van der Waals surface area contributed by atoms with Crippen molar-refractivity contribution in [1.82, 2.24) is 0 Å². The molecule has 0 fully saturated rings. The molecular weight excluding hydrogens is 324 g/mol. The van der Waals surface area contributed by atoms with Gasteiger partial charge in [-0.15, -0.1) is 0 Å². The fourth-order valence-corrected chi connectivity index (χ4v) is 3.04. The van der Waals surface area contributed by atoms with Crippen LogP contribution in [0.15, 0.2) is 65.7 Å². The second-order valence-electron chi connectivity index (χ2n) is 5.62. The van der Waals surface area contributed by atoms with E-state index in [1.165, 1.54) is 0 Å². The number of nitrogens with one attached hydrogen (secondary N) is 1. The molecule has 2 N–H and O–H groups in total. The first-order valence-corrected chi connectivity index (χ1v) is 7.87. The van der Waals surface area contributed by atoms with Crippen LogP contribution in [-0.4, -0.2) is 16.7 Å². The molecule has 1 heterocycles. The Bertz CT molecular complexity index is 927. The number of halogens is 1. The molecule has 0 saturated carbocycles. The number of phenolic OH excluding ortho intramolecular Hbond substituents is 1. The number of anilines is 1. The summed E-state index contributed by atoms with van der Waals surface area (Å²) in [5.74, 6) is -0.439. The normalized spacial score (nSPS) is 17.2. The summed E-state index contributed by atoms with van der Waals surface area (Å²) in [5.41, 5.74) is 3.05. The van der Waals surface area contributed by atoms with Crippen molar-refractivity contribution >= 4 is 34.6 Å². The highest BCUT2D eigenvalue weighted by molar-refractivity contribution is 6.30. The average molecular weight is 337 g/mol. The van der Waals surface area contributed by atoms with Crippen molar-refractivity contribution in [2.45, 2.75) is 5.92 Å². The van der Waals surface area contributed by atoms with Gasteiger partial charge in [-0.05, 0) is 42.0 Å². The Labute approximate surface area is 143 Å². The van der Waals surface area contributed by atoms with Crippen LogP contribution in [-0.2, 0) is 0 Å². The lowest BCUT2D eigenvalue weighted by atomic mass is 9.91. The third-order valence-electron chi connectivity index (χ3n) is 4.11. The van der Waals surface area contributed by atoms with Gasteiger partial charge >= 0.3 is 0 Å². The molecule has 118 valence electrons. The molecule has 4 rings (SSSR count). The van der Waals surface area contributed by atoms with Gasteiger partial charge in [-0.2, -0.15) is 0 Å². The molecule has 0 bridgehead atoms. The zero-order valence-corrected chi connectivity index (χ0v) is 13.3. The number of hydrogen-bond acceptors (Lipinski definition) is 3. The number of allylic oxidation sites excluding steroid dienone is 4. The van der Waals surface area contributed by atoms with Crippen molar-refractivity contribution in [3.8, 4) is 5.75 Å². The minimum Gasteiger partial charge on any atom is -0.505 e. The van der Waals surface area contributed by atoms with E-state index in [1.54, 1.807) is 30.3 Å². The molecule has 1 amide bonds. The van der Waals surface area contributed by atoms with Crippen molar-refractivity contribution in [1.29, 1.82) is 0 Å². The van der Waals surface area contributed by atoms with Crippen LogP contribution in [0.2, 0.25) is 5.02 Å². The van der Waals surface area contributed by atoms with E-state index in [4.69, 9.17) is 11.6 Å². The van der Waals surface area contributed by atoms with Gasteiger partial charge < -0.3 is 10.4 Å². The molecule has 1 aliphatic carbocycles. The molecule has 1 unspecified atom stereocenters. The summed E-state index contributed by atoms with van der Waals surface area (Å²) in [5, 5.41) is 13.8. The molecule has 1 aliphatic heterocycles. The van der Waals surface area contributed by atoms with E-state index >= 15 is 0 Å². The summed E-state index contributed by atoms with van der Waals surface area (Å²) < 4.78 is 0. The maximum absolute atomic E-state index is 12.5. The lowest BCUT2D eigenvalue weighted by Gasteiger charge is -2.12. The summed E-state index contributed by atoms with van der Waals surface area (Å²) >= 11 is 5.84. The van der Waals surface area contributed by atoms with Crippen molar-refractivity contribution in [3.05, 3.63) is 76.9 Å². The zero-order valence-electron chi connectivity index (χ0n) is 12.5. The SMILES string of the molecule is O=C(Nc1ccc(Cl)cc1)c1ccc2c(c1O)N=C1C=CC=CC12. The van der Waals surface area contributed by atoms with Crippen LogP contribution >= 0.6 is 11.6 Å². The predicted octanol–water partition coefficient (Wildman–Crippen LogP) is 4.59. The summed E-state index contributed by atoms with van der Waals surface area (Å²) in [6.07, 6.45) is 7.80. The zero-order chi connectivity index (χ0) is 16.7. The number of carbonyl (C=O) groups excluding carboxylic acids is 1. The molecule has 24 heavy (non-hydrogen) atoms. The molecule has 2 aromatic carbocycles. The smallest absolute Gasteiger partial charge is 0.259 e. The number of amides is 1. The van der Waals surface area contributed by atoms with E-state index in [9.17, 15) is 9.90 Å². The number of aliphatic imine (C=N–C) groups is 1. The summed E-state index contributed by atoms with van der Waals surface area (Å²) in [6, 6.07) is 10.3. The van der Waals surface area contributed by atoms with Gasteiger partial charge in [0, 0.05) is 16.6 Å². The number of phenols is 1. The van der Waals surface area contributed by atoms with Crippen LogP contribution in [0, 0.1) is 0 Å². The Kier molecular flexibility index (Phi) is 3.47. The third-order valence-corrected chi connectivity index (χ3v) is 4.36. The lowest BCUT2D eigenvalue weighted by Crippen LogP contribution is -2.12. The minimum absolute atomic E-state index is 0.0456. The van der Waals surface area contributed by atoms with Crippen LogP contribution < -0.4 is 5.32 Å². The van der Waals surface area contributed by atoms with Gasteiger partial charge in [0.1, 0.15) is 5.69 Å². The predicted molar refractivity (Wildman–Crippen MR) is 95.6 cm³/mol. The Balaban J connectivity index is 1.67. The number of fused-ring (bicyclic) bond motifs is 3. The van der Waals surface area contributed by atoms with Gasteiger partial charge in [-0.1, -0.05) is 35.9 Å². The molecule has 5 heteroatoms. The van der Waals surface area contributed by atoms with Crippen LogP contribution in [0.4, 0.5) is 11.4 Å². The average Bonchev–Trinajstić information content (AvgIpc) is 2.97. The van der Waals surface area contributed by atoms with Crippen molar-refractivity contribution in [2.24, 2.45) is 4.99 Å². The number of hydrogen-bond donors (Lipinski definition) is 2. The minimum atomic E-state index is -0.390. The Morgan fingerprint density at radius 3 is 2.71 bits per heavy atom. The first-order chi connectivity index (χ1) is 11.6. The van der Waals surface area contributed by atoms with E-state index in [0.717, 1.165) is 11.3 Å². The first kappa shape index (κ1) is 14.7. The largest absolute Gasteiger partial charge is 0.505 e. The van der Waals surface area contributed by atoms with Gasteiger partial charge in [-0.25, -0.2) is 4.99 Å². The third kappa shape index (κ3) is 2.41. The standard InChI is InChI=1S/C19H13ClN2O2/c20-11-5-7-12(8-6-11)21-19(24)15-10-9-14-13-3-1-2-4-16(13)22-17(14)18(15)23/h1-10,13,23H,(H,21,24). The molecule has 0 radical (unpaired) electrons. The fraction of sp³-hybridized carbons (Fsp3) is 0.0526. The molecule has 1 atom stereocenters. The Morgan fingerprint density at radius 2 is 1.92 bits per heavy atom. The van der Waals surface area contributed by atoms with Gasteiger partial charge in [0.15, 0.2) is 5.75 Å². The number of carbonyl (C=O) groups is 1. The van der Waals surface area contributed by atoms with Gasteiger partial charge in [0.05, 0.1) is 11.3 Å². The number of benzene rings is 2. The number of nitrogens with zero attached hydrogens (tertiary/aromatic N) is 1. The number of aromatic hydroxyl groups is 1. The highest BCUT2D eigenvalue weighted by Crippen LogP contribution is 2.45. The van der Waals surface area contributed by atoms with E-state index in [-0.39, 0.29) is 17.2 Å². The number of rotatable bonds is 2. The molecule has 0 aromatic heterocycles. The highest BCUT2D eigenvalue weighted by atomic mass is 35.5. The monoisotopic (exact) mass is 336 g/mol. The molecule has 2 aromatic rings. The second-order valence-corrected chi connectivity index (χ2v) is 6.06. The maximum Gasteiger partial charge on any atom is 0.259 e. The van der Waals surface area contributed by atoms with Crippen molar-refractivity contribution in [3.63, 3.8) is 0 Å². The van der Waals surface area contributed by atoms with Crippen LogP contribution in [0.1, 0.15) is 21.8 Å². The molecule has 4 nitrogen and oxygen atoms in total. The van der Waals surface area contributed by atoms with Crippen molar-refractivity contribution in [2.75, 3.05) is 5.32 Å². The van der Waals surface area contributed by atoms with E-state index in [1.807, 2.05) is 30.4 Å². The summed E-state index contributed by atoms with van der Waals surface area (Å²) in [6.45, 7) is 0. The highest BCUT2D eigenvalue weighted by Gasteiger charge is 2.29. The van der Waals surface area contributed by atoms with Crippen molar-refractivity contribution < 1.29 is 9.90 Å². The van der Waals surface area contributed by atoms with Crippen LogP contribution in [0.5, 0.6) is 5.75 Å². The first-order valence-electron chi connectivity index (χ1n) is 7.50. The van der Waals surface area contributed by atoms with Gasteiger partial charge in [0.25, 0.3) is 5.91 Å². The lowest BCUT2D eigenvalue weighted by molar-refractivity contribution is 0.102. The van der Waals surface area contributed by atoms with E-state index < -0.39 is 5.91 Å². The van der Waals surface area contributed by atoms with Crippen LogP contribution in [0.25, 0.3) is 0 Å². The van der Waals surface area contributed by atoms with Gasteiger partial charge in [-0.3, -0.25) is 4.79 Å². The quantitative estimate of drug-likeness (QED) is 0.842. The summed E-state index contributed by atoms with van der Waals surface area (Å²) in [7, 11) is 0. The van der Waals surface area contributed by atoms with Gasteiger partial charge in [0.2, 0.25) is 0 Å². The molecular formula is C19H13ClN2O2. The Morgan fingerprint density at radius 1 is 1.12 bits per heavy atom. The second kappa shape index (κ2) is 5.65. The molecule has 2 aliphatic rings. The maximum atomic E-state index is 12.5.